The molecule has 0 atom stereocenters. The monoisotopic (exact) mass is 352 g/mol. The van der Waals surface area contributed by atoms with E-state index >= 15 is 0 Å². The van der Waals surface area contributed by atoms with Gasteiger partial charge in [0.05, 0.1) is 24.6 Å². The van der Waals surface area contributed by atoms with E-state index in [9.17, 15) is 4.79 Å². The summed E-state index contributed by atoms with van der Waals surface area (Å²) in [5.41, 5.74) is 1.92. The van der Waals surface area contributed by atoms with Gasteiger partial charge in [-0.15, -0.1) is 0 Å². The van der Waals surface area contributed by atoms with Crippen LogP contribution in [0.2, 0.25) is 0 Å². The van der Waals surface area contributed by atoms with Gasteiger partial charge in [0.2, 0.25) is 0 Å². The van der Waals surface area contributed by atoms with Crippen LogP contribution in [0.3, 0.4) is 0 Å². The second kappa shape index (κ2) is 8.15. The number of ether oxygens (including phenoxy) is 2. The number of carbonyl (C=O) groups excluding carboxylic acids is 1. The molecule has 3 aromatic rings. The zero-order chi connectivity index (χ0) is 18.4. The highest BCUT2D eigenvalue weighted by Crippen LogP contribution is 2.30. The number of nitrogens with one attached hydrogen (secondary N) is 1. The normalized spacial score (nSPS) is 10.4. The summed E-state index contributed by atoms with van der Waals surface area (Å²) in [5.74, 6) is 1.04. The Morgan fingerprint density at radius 1 is 1.08 bits per heavy atom. The molecule has 0 aliphatic heterocycles. The fraction of sp³-hybridized carbons (Fsp3) is 0.211. The first-order chi connectivity index (χ1) is 12.7. The maximum absolute atomic E-state index is 12.6. The van der Waals surface area contributed by atoms with Crippen LogP contribution in [0.25, 0.3) is 5.69 Å². The molecule has 26 heavy (non-hydrogen) atoms. The Kier molecular flexibility index (Phi) is 5.48. The molecule has 0 aliphatic carbocycles. The predicted molar refractivity (Wildman–Crippen MR) is 98.1 cm³/mol. The van der Waals surface area contributed by atoms with Crippen LogP contribution in [0.4, 0.5) is 5.69 Å². The lowest BCUT2D eigenvalue weighted by molar-refractivity contribution is 0.102. The van der Waals surface area contributed by atoms with E-state index in [1.807, 2.05) is 32.0 Å². The zero-order valence-electron chi connectivity index (χ0n) is 14.7. The molecular formula is C19H20N4O3. The van der Waals surface area contributed by atoms with Gasteiger partial charge in [-0.2, -0.15) is 5.10 Å². The Bertz CT molecular complexity index is 861. The van der Waals surface area contributed by atoms with Crippen molar-refractivity contribution in [3.05, 3.63) is 60.7 Å². The van der Waals surface area contributed by atoms with Crippen molar-refractivity contribution in [1.29, 1.82) is 0 Å². The summed E-state index contributed by atoms with van der Waals surface area (Å²) < 4.78 is 12.7. The van der Waals surface area contributed by atoms with Crippen LogP contribution in [0.1, 0.15) is 24.2 Å². The maximum Gasteiger partial charge on any atom is 0.255 e. The lowest BCUT2D eigenvalue weighted by atomic mass is 10.2. The average Bonchev–Trinajstić information content (AvgIpc) is 3.19. The van der Waals surface area contributed by atoms with E-state index in [2.05, 4.69) is 15.4 Å². The van der Waals surface area contributed by atoms with Crippen molar-refractivity contribution in [3.8, 4) is 17.2 Å². The number of nitrogens with zero attached hydrogens (tertiary/aromatic N) is 3. The second-order valence-electron chi connectivity index (χ2n) is 5.37. The van der Waals surface area contributed by atoms with E-state index in [-0.39, 0.29) is 5.91 Å². The highest BCUT2D eigenvalue weighted by Gasteiger charge is 2.12. The standard InChI is InChI=1S/C19H20N4O3/c1-3-25-16-9-10-18(26-4-2)17(11-16)22-19(24)14-5-7-15(8-6-14)23-13-20-12-21-23/h5-13H,3-4H2,1-2H3,(H,22,24). The zero-order valence-corrected chi connectivity index (χ0v) is 14.7. The van der Waals surface area contributed by atoms with Crippen LogP contribution in [-0.2, 0) is 0 Å². The van der Waals surface area contributed by atoms with Crippen molar-refractivity contribution in [3.63, 3.8) is 0 Å². The van der Waals surface area contributed by atoms with E-state index in [0.29, 0.717) is 36.0 Å². The number of rotatable bonds is 7. The molecule has 0 bridgehead atoms. The van der Waals surface area contributed by atoms with Crippen LogP contribution in [-0.4, -0.2) is 33.9 Å². The van der Waals surface area contributed by atoms with Crippen molar-refractivity contribution >= 4 is 11.6 Å². The number of benzene rings is 2. The largest absolute Gasteiger partial charge is 0.494 e. The summed E-state index contributed by atoms with van der Waals surface area (Å²) in [6, 6.07) is 12.5. The molecule has 134 valence electrons. The van der Waals surface area contributed by atoms with Gasteiger partial charge >= 0.3 is 0 Å². The number of anilines is 1. The summed E-state index contributed by atoms with van der Waals surface area (Å²) in [6.07, 6.45) is 3.06. The van der Waals surface area contributed by atoms with Gasteiger partial charge in [0.1, 0.15) is 24.2 Å². The van der Waals surface area contributed by atoms with E-state index in [4.69, 9.17) is 9.47 Å². The smallest absolute Gasteiger partial charge is 0.255 e. The molecule has 0 radical (unpaired) electrons. The number of hydrogen-bond donors (Lipinski definition) is 1. The van der Waals surface area contributed by atoms with Crippen LogP contribution in [0.15, 0.2) is 55.1 Å². The van der Waals surface area contributed by atoms with Gasteiger partial charge in [-0.25, -0.2) is 9.67 Å². The number of carbonyl (C=O) groups is 1. The lowest BCUT2D eigenvalue weighted by Crippen LogP contribution is -2.13. The third kappa shape index (κ3) is 4.00. The molecule has 0 spiro atoms. The molecule has 0 fully saturated rings. The summed E-state index contributed by atoms with van der Waals surface area (Å²) in [6.45, 7) is 4.85. The summed E-state index contributed by atoms with van der Waals surface area (Å²) >= 11 is 0. The van der Waals surface area contributed by atoms with Gasteiger partial charge in [0, 0.05) is 11.6 Å². The number of hydrogen-bond acceptors (Lipinski definition) is 5. The Balaban J connectivity index is 1.79. The van der Waals surface area contributed by atoms with Gasteiger partial charge in [-0.05, 0) is 50.2 Å². The molecule has 1 amide bonds. The highest BCUT2D eigenvalue weighted by atomic mass is 16.5. The fourth-order valence-electron chi connectivity index (χ4n) is 2.45. The van der Waals surface area contributed by atoms with E-state index in [1.54, 1.807) is 35.3 Å². The molecule has 1 N–H and O–H groups in total. The van der Waals surface area contributed by atoms with Crippen LogP contribution >= 0.6 is 0 Å². The molecule has 1 aromatic heterocycles. The van der Waals surface area contributed by atoms with Gasteiger partial charge < -0.3 is 14.8 Å². The third-order valence-electron chi connectivity index (χ3n) is 3.62. The highest BCUT2D eigenvalue weighted by molar-refractivity contribution is 6.05. The predicted octanol–water partition coefficient (Wildman–Crippen LogP) is 3.32. The van der Waals surface area contributed by atoms with Gasteiger partial charge in [0.15, 0.2) is 0 Å². The van der Waals surface area contributed by atoms with E-state index < -0.39 is 0 Å². The molecule has 0 saturated carbocycles. The molecule has 0 aliphatic rings. The first kappa shape index (κ1) is 17.5. The summed E-state index contributed by atoms with van der Waals surface area (Å²) in [5, 5.41) is 6.95. The minimum atomic E-state index is -0.232. The van der Waals surface area contributed by atoms with Gasteiger partial charge in [-0.3, -0.25) is 4.79 Å². The second-order valence-corrected chi connectivity index (χ2v) is 5.37. The van der Waals surface area contributed by atoms with Crippen LogP contribution in [0.5, 0.6) is 11.5 Å². The number of amides is 1. The Hall–Kier alpha value is -3.35. The van der Waals surface area contributed by atoms with E-state index in [0.717, 1.165) is 5.69 Å². The van der Waals surface area contributed by atoms with Crippen molar-refractivity contribution < 1.29 is 14.3 Å². The Morgan fingerprint density at radius 3 is 2.50 bits per heavy atom. The molecule has 0 unspecified atom stereocenters. The van der Waals surface area contributed by atoms with E-state index in [1.165, 1.54) is 6.33 Å². The third-order valence-corrected chi connectivity index (χ3v) is 3.62. The van der Waals surface area contributed by atoms with Crippen molar-refractivity contribution in [2.45, 2.75) is 13.8 Å². The Morgan fingerprint density at radius 2 is 1.85 bits per heavy atom. The lowest BCUT2D eigenvalue weighted by Gasteiger charge is -2.13. The van der Waals surface area contributed by atoms with Crippen molar-refractivity contribution in [2.24, 2.45) is 0 Å². The van der Waals surface area contributed by atoms with Gasteiger partial charge in [-0.1, -0.05) is 0 Å². The van der Waals surface area contributed by atoms with Crippen LogP contribution < -0.4 is 14.8 Å². The minimum absolute atomic E-state index is 0.232. The topological polar surface area (TPSA) is 78.3 Å². The molecule has 0 saturated heterocycles. The maximum atomic E-state index is 12.6. The molecule has 3 rings (SSSR count). The summed E-state index contributed by atoms with van der Waals surface area (Å²) in [7, 11) is 0. The first-order valence-corrected chi connectivity index (χ1v) is 8.37. The summed E-state index contributed by atoms with van der Waals surface area (Å²) in [4.78, 5) is 16.5. The quantitative estimate of drug-likeness (QED) is 0.706. The molecule has 2 aromatic carbocycles. The number of aromatic nitrogens is 3. The van der Waals surface area contributed by atoms with Crippen molar-refractivity contribution in [2.75, 3.05) is 18.5 Å². The SMILES string of the molecule is CCOc1ccc(OCC)c(NC(=O)c2ccc(-n3cncn3)cc2)c1. The fourth-order valence-corrected chi connectivity index (χ4v) is 2.45. The van der Waals surface area contributed by atoms with Crippen molar-refractivity contribution in [1.82, 2.24) is 14.8 Å². The minimum Gasteiger partial charge on any atom is -0.494 e. The molecule has 1 heterocycles. The van der Waals surface area contributed by atoms with Crippen LogP contribution in [0, 0.1) is 0 Å². The average molecular weight is 352 g/mol. The van der Waals surface area contributed by atoms with Gasteiger partial charge in [0.25, 0.3) is 5.91 Å². The molecule has 7 nitrogen and oxygen atoms in total. The molecule has 7 heteroatoms. The first-order valence-electron chi connectivity index (χ1n) is 8.37. The molecular weight excluding hydrogens is 332 g/mol. The Labute approximate surface area is 151 Å².